The Morgan fingerprint density at radius 3 is 2.63 bits per heavy atom. The second kappa shape index (κ2) is 5.35. The molecule has 0 spiro atoms. The minimum absolute atomic E-state index is 0.0206. The number of aromatic nitrogens is 2. The molecule has 2 unspecified atom stereocenters. The van der Waals surface area contributed by atoms with Crippen LogP contribution in [-0.2, 0) is 5.54 Å². The van der Waals surface area contributed by atoms with Gasteiger partial charge in [0.25, 0.3) is 5.56 Å². The fourth-order valence-corrected chi connectivity index (χ4v) is 2.75. The van der Waals surface area contributed by atoms with Gasteiger partial charge in [0.05, 0.1) is 0 Å². The fourth-order valence-electron chi connectivity index (χ4n) is 2.75. The summed E-state index contributed by atoms with van der Waals surface area (Å²) in [5.41, 5.74) is -0.234. The van der Waals surface area contributed by atoms with E-state index in [-0.39, 0.29) is 11.1 Å². The molecule has 1 aromatic heterocycles. The van der Waals surface area contributed by atoms with Crippen LogP contribution in [0.25, 0.3) is 0 Å². The third kappa shape index (κ3) is 3.17. The van der Waals surface area contributed by atoms with Crippen molar-refractivity contribution < 1.29 is 0 Å². The molecule has 106 valence electrons. The quantitative estimate of drug-likeness (QED) is 0.892. The molecule has 2 rings (SSSR count). The van der Waals surface area contributed by atoms with E-state index in [0.717, 1.165) is 6.42 Å². The summed E-state index contributed by atoms with van der Waals surface area (Å²) in [6.07, 6.45) is 8.38. The third-order valence-corrected chi connectivity index (χ3v) is 4.00. The summed E-state index contributed by atoms with van der Waals surface area (Å²) in [6, 6.07) is 0.379. The zero-order chi connectivity index (χ0) is 14.0. The topological polar surface area (TPSA) is 46.9 Å². The third-order valence-electron chi connectivity index (χ3n) is 4.00. The van der Waals surface area contributed by atoms with E-state index in [1.54, 1.807) is 17.0 Å². The Morgan fingerprint density at radius 1 is 1.32 bits per heavy atom. The lowest BCUT2D eigenvalue weighted by Gasteiger charge is -2.30. The van der Waals surface area contributed by atoms with Crippen LogP contribution in [0, 0.1) is 5.92 Å². The van der Waals surface area contributed by atoms with Gasteiger partial charge in [0.1, 0.15) is 0 Å². The molecule has 4 heteroatoms. The SMILES string of the molecule is CC1CCCCC1Nc1nccn(C(C)(C)C)c1=O. The van der Waals surface area contributed by atoms with Gasteiger partial charge < -0.3 is 9.88 Å². The first-order chi connectivity index (χ1) is 8.89. The lowest BCUT2D eigenvalue weighted by molar-refractivity contribution is 0.347. The van der Waals surface area contributed by atoms with Crippen molar-refractivity contribution in [2.45, 2.75) is 65.0 Å². The highest BCUT2D eigenvalue weighted by atomic mass is 16.1. The minimum Gasteiger partial charge on any atom is -0.362 e. The Kier molecular flexibility index (Phi) is 3.97. The van der Waals surface area contributed by atoms with Crippen molar-refractivity contribution >= 4 is 5.82 Å². The Balaban J connectivity index is 2.24. The highest BCUT2D eigenvalue weighted by molar-refractivity contribution is 5.33. The second-order valence-corrected chi connectivity index (χ2v) is 6.63. The minimum atomic E-state index is -0.214. The lowest BCUT2D eigenvalue weighted by Crippen LogP contribution is -2.38. The van der Waals surface area contributed by atoms with Crippen LogP contribution in [-0.4, -0.2) is 15.6 Å². The molecule has 0 saturated heterocycles. The van der Waals surface area contributed by atoms with Crippen LogP contribution < -0.4 is 10.9 Å². The summed E-state index contributed by atoms with van der Waals surface area (Å²) >= 11 is 0. The van der Waals surface area contributed by atoms with E-state index >= 15 is 0 Å². The van der Waals surface area contributed by atoms with Crippen molar-refractivity contribution in [2.75, 3.05) is 5.32 Å². The van der Waals surface area contributed by atoms with Crippen LogP contribution in [0.1, 0.15) is 53.4 Å². The number of hydrogen-bond acceptors (Lipinski definition) is 3. The summed E-state index contributed by atoms with van der Waals surface area (Å²) in [5.74, 6) is 1.11. The van der Waals surface area contributed by atoms with Crippen molar-refractivity contribution in [3.63, 3.8) is 0 Å². The zero-order valence-electron chi connectivity index (χ0n) is 12.4. The Hall–Kier alpha value is -1.32. The molecule has 1 aliphatic rings. The maximum absolute atomic E-state index is 12.4. The fraction of sp³-hybridized carbons (Fsp3) is 0.733. The van der Waals surface area contributed by atoms with Crippen molar-refractivity contribution in [3.8, 4) is 0 Å². The first kappa shape index (κ1) is 14.1. The molecule has 1 heterocycles. The summed E-state index contributed by atoms with van der Waals surface area (Å²) < 4.78 is 1.75. The van der Waals surface area contributed by atoms with E-state index in [0.29, 0.717) is 17.8 Å². The molecule has 4 nitrogen and oxygen atoms in total. The first-order valence-corrected chi connectivity index (χ1v) is 7.24. The van der Waals surface area contributed by atoms with Crippen LogP contribution in [0.3, 0.4) is 0 Å². The van der Waals surface area contributed by atoms with Gasteiger partial charge >= 0.3 is 0 Å². The maximum Gasteiger partial charge on any atom is 0.293 e. The Labute approximate surface area is 115 Å². The maximum atomic E-state index is 12.4. The van der Waals surface area contributed by atoms with E-state index in [2.05, 4.69) is 17.2 Å². The van der Waals surface area contributed by atoms with Gasteiger partial charge in [-0.2, -0.15) is 0 Å². The van der Waals surface area contributed by atoms with Gasteiger partial charge in [-0.25, -0.2) is 4.98 Å². The molecule has 1 aliphatic carbocycles. The average molecular weight is 263 g/mol. The molecular weight excluding hydrogens is 238 g/mol. The van der Waals surface area contributed by atoms with Gasteiger partial charge in [-0.1, -0.05) is 19.8 Å². The van der Waals surface area contributed by atoms with E-state index in [4.69, 9.17) is 0 Å². The molecule has 1 N–H and O–H groups in total. The molecule has 1 fully saturated rings. The van der Waals surface area contributed by atoms with E-state index < -0.39 is 0 Å². The predicted octanol–water partition coefficient (Wildman–Crippen LogP) is 2.99. The van der Waals surface area contributed by atoms with Crippen LogP contribution in [0.2, 0.25) is 0 Å². The molecule has 2 atom stereocenters. The van der Waals surface area contributed by atoms with Crippen LogP contribution in [0.5, 0.6) is 0 Å². The number of nitrogens with zero attached hydrogens (tertiary/aromatic N) is 2. The zero-order valence-corrected chi connectivity index (χ0v) is 12.4. The molecule has 0 amide bonds. The molecule has 0 aromatic carbocycles. The molecule has 1 saturated carbocycles. The molecule has 0 bridgehead atoms. The summed E-state index contributed by atoms with van der Waals surface area (Å²) in [6.45, 7) is 8.34. The van der Waals surface area contributed by atoms with E-state index in [1.165, 1.54) is 19.3 Å². The highest BCUT2D eigenvalue weighted by Crippen LogP contribution is 2.25. The van der Waals surface area contributed by atoms with Crippen molar-refractivity contribution in [1.29, 1.82) is 0 Å². The first-order valence-electron chi connectivity index (χ1n) is 7.24. The molecule has 0 radical (unpaired) electrons. The molecular formula is C15H25N3O. The largest absolute Gasteiger partial charge is 0.362 e. The second-order valence-electron chi connectivity index (χ2n) is 6.63. The number of anilines is 1. The van der Waals surface area contributed by atoms with Gasteiger partial charge in [0.15, 0.2) is 5.82 Å². The molecule has 0 aliphatic heterocycles. The van der Waals surface area contributed by atoms with Crippen LogP contribution in [0.4, 0.5) is 5.82 Å². The van der Waals surface area contributed by atoms with E-state index in [1.807, 2.05) is 20.8 Å². The van der Waals surface area contributed by atoms with Crippen molar-refractivity contribution in [2.24, 2.45) is 5.92 Å². The summed E-state index contributed by atoms with van der Waals surface area (Å²) in [7, 11) is 0. The normalized spacial score (nSPS) is 24.2. The van der Waals surface area contributed by atoms with Crippen LogP contribution in [0.15, 0.2) is 17.2 Å². The van der Waals surface area contributed by atoms with Gasteiger partial charge in [-0.05, 0) is 39.5 Å². The van der Waals surface area contributed by atoms with Gasteiger partial charge in [-0.3, -0.25) is 4.79 Å². The standard InChI is InChI=1S/C15H25N3O/c1-11-7-5-6-8-12(11)17-13-14(19)18(10-9-16-13)15(2,3)4/h9-12H,5-8H2,1-4H3,(H,16,17). The van der Waals surface area contributed by atoms with Gasteiger partial charge in [0.2, 0.25) is 0 Å². The highest BCUT2D eigenvalue weighted by Gasteiger charge is 2.23. The molecule has 1 aromatic rings. The van der Waals surface area contributed by atoms with Crippen molar-refractivity contribution in [3.05, 3.63) is 22.7 Å². The van der Waals surface area contributed by atoms with Gasteiger partial charge in [0, 0.05) is 24.0 Å². The smallest absolute Gasteiger partial charge is 0.293 e. The van der Waals surface area contributed by atoms with E-state index in [9.17, 15) is 4.79 Å². The summed E-state index contributed by atoms with van der Waals surface area (Å²) in [4.78, 5) is 16.7. The number of hydrogen-bond donors (Lipinski definition) is 1. The van der Waals surface area contributed by atoms with Gasteiger partial charge in [-0.15, -0.1) is 0 Å². The monoisotopic (exact) mass is 263 g/mol. The number of nitrogens with one attached hydrogen (secondary N) is 1. The van der Waals surface area contributed by atoms with Crippen molar-refractivity contribution in [1.82, 2.24) is 9.55 Å². The average Bonchev–Trinajstić information content (AvgIpc) is 2.33. The lowest BCUT2D eigenvalue weighted by atomic mass is 9.86. The Morgan fingerprint density at radius 2 is 2.00 bits per heavy atom. The predicted molar refractivity (Wildman–Crippen MR) is 78.5 cm³/mol. The van der Waals surface area contributed by atoms with Crippen LogP contribution >= 0.6 is 0 Å². The Bertz CT molecular complexity index is 487. The molecule has 19 heavy (non-hydrogen) atoms. The summed E-state index contributed by atoms with van der Waals surface area (Å²) in [5, 5.41) is 3.37. The number of rotatable bonds is 2.